The Labute approximate surface area is 303 Å². The van der Waals surface area contributed by atoms with Crippen LogP contribution in [-0.4, -0.2) is 17.6 Å². The van der Waals surface area contributed by atoms with Gasteiger partial charge in [-0.05, 0) is 96.7 Å². The Morgan fingerprint density at radius 2 is 1.40 bits per heavy atom. The van der Waals surface area contributed by atoms with Crippen molar-refractivity contribution in [2.75, 3.05) is 0 Å². The third-order valence-electron chi connectivity index (χ3n) is 10.9. The van der Waals surface area contributed by atoms with Crippen LogP contribution in [0.1, 0.15) is 66.5 Å². The number of aliphatic imine (C=N–C) groups is 2. The molecule has 5 aromatic carbocycles. The molecule has 4 nitrogen and oxygen atoms in total. The lowest BCUT2D eigenvalue weighted by Crippen LogP contribution is -2.18. The summed E-state index contributed by atoms with van der Waals surface area (Å²) in [7, 11) is 0. The van der Waals surface area contributed by atoms with Gasteiger partial charge in [0.05, 0.1) is 11.8 Å². The summed E-state index contributed by atoms with van der Waals surface area (Å²) in [5.41, 5.74) is 13.5. The third kappa shape index (κ3) is 5.56. The quantitative estimate of drug-likeness (QED) is 0.182. The van der Waals surface area contributed by atoms with E-state index in [4.69, 9.17) is 18.8 Å². The SMILES string of the molecule is C1=Cc2c(oc3cc(C4=NC(c5ccccc5)=NC(C5=CC=C(c6ccccc6)CC5)CCC4)cc(-c4ccc5oc6ccccc6c5c4)c23)CC1. The van der Waals surface area contributed by atoms with Gasteiger partial charge in [0.1, 0.15) is 22.5 Å². The van der Waals surface area contributed by atoms with E-state index in [1.807, 2.05) is 12.1 Å². The average molecular weight is 675 g/mol. The highest BCUT2D eigenvalue weighted by molar-refractivity contribution is 6.16. The van der Waals surface area contributed by atoms with Crippen LogP contribution in [0.4, 0.5) is 0 Å². The third-order valence-corrected chi connectivity index (χ3v) is 10.9. The van der Waals surface area contributed by atoms with Gasteiger partial charge in [0.15, 0.2) is 5.84 Å². The molecular weight excluding hydrogens is 637 g/mol. The fraction of sp³-hybridized carbons (Fsp3) is 0.167. The van der Waals surface area contributed by atoms with E-state index < -0.39 is 0 Å². The number of para-hydroxylation sites is 1. The molecule has 7 aromatic rings. The Balaban J connectivity index is 1.11. The van der Waals surface area contributed by atoms with Crippen molar-refractivity contribution in [1.82, 2.24) is 0 Å². The summed E-state index contributed by atoms with van der Waals surface area (Å²) >= 11 is 0. The minimum absolute atomic E-state index is 0.104. The average Bonchev–Trinajstić information content (AvgIpc) is 3.76. The highest BCUT2D eigenvalue weighted by atomic mass is 16.3. The number of hydrogen-bond donors (Lipinski definition) is 0. The van der Waals surface area contributed by atoms with Crippen LogP contribution in [0, 0.1) is 0 Å². The molecule has 10 rings (SSSR count). The highest BCUT2D eigenvalue weighted by Crippen LogP contribution is 2.41. The molecule has 0 spiro atoms. The van der Waals surface area contributed by atoms with E-state index in [-0.39, 0.29) is 6.04 Å². The summed E-state index contributed by atoms with van der Waals surface area (Å²) in [6.07, 6.45) is 15.9. The zero-order valence-electron chi connectivity index (χ0n) is 29.0. The van der Waals surface area contributed by atoms with Crippen molar-refractivity contribution in [2.24, 2.45) is 9.98 Å². The highest BCUT2D eigenvalue weighted by Gasteiger charge is 2.24. The van der Waals surface area contributed by atoms with Crippen molar-refractivity contribution in [2.45, 2.75) is 51.0 Å². The maximum Gasteiger partial charge on any atom is 0.155 e. The standard InChI is InChI=1S/C48H38N2O2/c1-3-12-31(13-4-1)32-22-24-33(25-23-32)41-18-11-19-42(50-48(49-41)34-14-5-2-6-15-34)36-29-39(47-38-17-8-10-21-44(38)52-46(47)30-36)35-26-27-45-40(28-35)37-16-7-9-20-43(37)51-45/h1-9,12-17,20,22,24,26-30,41H,10-11,18-19,21,23,25H2. The monoisotopic (exact) mass is 674 g/mol. The molecule has 4 heteroatoms. The van der Waals surface area contributed by atoms with E-state index in [0.29, 0.717) is 0 Å². The number of hydrogen-bond acceptors (Lipinski definition) is 4. The Morgan fingerprint density at radius 3 is 2.25 bits per heavy atom. The van der Waals surface area contributed by atoms with Crippen LogP contribution < -0.4 is 0 Å². The molecule has 1 atom stereocenters. The molecule has 0 saturated heterocycles. The number of amidine groups is 1. The summed E-state index contributed by atoms with van der Waals surface area (Å²) in [6, 6.07) is 40.7. The van der Waals surface area contributed by atoms with Crippen molar-refractivity contribution < 1.29 is 8.83 Å². The molecule has 52 heavy (non-hydrogen) atoms. The number of allylic oxidation sites excluding steroid dienone is 4. The maximum atomic E-state index is 6.66. The van der Waals surface area contributed by atoms with Gasteiger partial charge in [-0.25, -0.2) is 4.99 Å². The summed E-state index contributed by atoms with van der Waals surface area (Å²) < 4.78 is 12.9. The van der Waals surface area contributed by atoms with Crippen LogP contribution in [-0.2, 0) is 6.42 Å². The molecule has 3 aliphatic rings. The second-order valence-corrected chi connectivity index (χ2v) is 14.2. The first-order chi connectivity index (χ1) is 25.7. The van der Waals surface area contributed by atoms with E-state index in [1.165, 1.54) is 22.3 Å². The van der Waals surface area contributed by atoms with Crippen LogP contribution >= 0.6 is 0 Å². The van der Waals surface area contributed by atoms with Gasteiger partial charge in [0.25, 0.3) is 0 Å². The van der Waals surface area contributed by atoms with E-state index >= 15 is 0 Å². The normalized spacial score (nSPS) is 17.7. The van der Waals surface area contributed by atoms with Gasteiger partial charge in [-0.3, -0.25) is 4.99 Å². The van der Waals surface area contributed by atoms with Gasteiger partial charge in [0, 0.05) is 39.3 Å². The number of fused-ring (bicyclic) bond motifs is 6. The number of aryl methyl sites for hydroxylation is 1. The van der Waals surface area contributed by atoms with Crippen molar-refractivity contribution in [3.8, 4) is 11.1 Å². The van der Waals surface area contributed by atoms with Gasteiger partial charge in [-0.15, -0.1) is 0 Å². The Hall–Kier alpha value is -6.00. The Kier molecular flexibility index (Phi) is 7.67. The molecule has 1 unspecified atom stereocenters. The summed E-state index contributed by atoms with van der Waals surface area (Å²) in [5, 5.41) is 3.41. The van der Waals surface area contributed by atoms with Crippen molar-refractivity contribution in [3.05, 3.63) is 167 Å². The molecular formula is C48H38N2O2. The molecule has 1 aliphatic heterocycles. The Morgan fingerprint density at radius 1 is 0.596 bits per heavy atom. The van der Waals surface area contributed by atoms with Gasteiger partial charge in [0.2, 0.25) is 0 Å². The van der Waals surface area contributed by atoms with Gasteiger partial charge < -0.3 is 8.83 Å². The molecule has 0 fully saturated rings. The largest absolute Gasteiger partial charge is 0.460 e. The molecule has 0 saturated carbocycles. The predicted octanol–water partition coefficient (Wildman–Crippen LogP) is 12.6. The number of nitrogens with zero attached hydrogens (tertiary/aromatic N) is 2. The van der Waals surface area contributed by atoms with Gasteiger partial charge in [-0.2, -0.15) is 0 Å². The second kappa shape index (κ2) is 13.0. The molecule has 0 N–H and O–H groups in total. The lowest BCUT2D eigenvalue weighted by molar-refractivity contribution is 0.546. The van der Waals surface area contributed by atoms with Crippen LogP contribution in [0.25, 0.3) is 55.7 Å². The van der Waals surface area contributed by atoms with E-state index in [0.717, 1.165) is 117 Å². The van der Waals surface area contributed by atoms with Crippen molar-refractivity contribution in [1.29, 1.82) is 0 Å². The molecule has 0 radical (unpaired) electrons. The minimum atomic E-state index is 0.104. The maximum absolute atomic E-state index is 6.66. The minimum Gasteiger partial charge on any atom is -0.460 e. The lowest BCUT2D eigenvalue weighted by Gasteiger charge is -2.23. The van der Waals surface area contributed by atoms with E-state index in [9.17, 15) is 0 Å². The molecule has 3 heterocycles. The predicted molar refractivity (Wildman–Crippen MR) is 215 cm³/mol. The van der Waals surface area contributed by atoms with Gasteiger partial charge >= 0.3 is 0 Å². The topological polar surface area (TPSA) is 51.0 Å². The number of furan rings is 2. The van der Waals surface area contributed by atoms with Crippen molar-refractivity contribution >= 4 is 56.1 Å². The zero-order valence-corrected chi connectivity index (χ0v) is 29.0. The fourth-order valence-electron chi connectivity index (χ4n) is 8.28. The first kappa shape index (κ1) is 30.8. The van der Waals surface area contributed by atoms with Crippen LogP contribution in [0.3, 0.4) is 0 Å². The first-order valence-corrected chi connectivity index (χ1v) is 18.6. The summed E-state index contributed by atoms with van der Waals surface area (Å²) in [4.78, 5) is 10.9. The molecule has 0 bridgehead atoms. The second-order valence-electron chi connectivity index (χ2n) is 14.2. The van der Waals surface area contributed by atoms with Crippen molar-refractivity contribution in [3.63, 3.8) is 0 Å². The van der Waals surface area contributed by atoms with E-state index in [1.54, 1.807) is 0 Å². The van der Waals surface area contributed by atoms with Crippen LogP contribution in [0.15, 0.2) is 158 Å². The molecule has 2 aliphatic carbocycles. The smallest absolute Gasteiger partial charge is 0.155 e. The number of benzene rings is 5. The van der Waals surface area contributed by atoms with Crippen LogP contribution in [0.2, 0.25) is 0 Å². The number of rotatable bonds is 5. The first-order valence-electron chi connectivity index (χ1n) is 18.6. The summed E-state index contributed by atoms with van der Waals surface area (Å²) in [6.45, 7) is 0. The van der Waals surface area contributed by atoms with E-state index in [2.05, 4.69) is 127 Å². The zero-order chi connectivity index (χ0) is 34.4. The summed E-state index contributed by atoms with van der Waals surface area (Å²) in [5.74, 6) is 1.86. The lowest BCUT2D eigenvalue weighted by atomic mass is 9.87. The van der Waals surface area contributed by atoms with Gasteiger partial charge in [-0.1, -0.05) is 109 Å². The van der Waals surface area contributed by atoms with Crippen LogP contribution in [0.5, 0.6) is 0 Å². The Bertz CT molecular complexity index is 2650. The molecule has 0 amide bonds. The molecule has 2 aromatic heterocycles. The molecule has 252 valence electrons. The fourth-order valence-corrected chi connectivity index (χ4v) is 8.28.